The van der Waals surface area contributed by atoms with Gasteiger partial charge >= 0.3 is 0 Å². The van der Waals surface area contributed by atoms with Crippen molar-refractivity contribution in [3.63, 3.8) is 0 Å². The van der Waals surface area contributed by atoms with Crippen LogP contribution in [0, 0.1) is 5.92 Å². The van der Waals surface area contributed by atoms with E-state index in [9.17, 15) is 0 Å². The zero-order chi connectivity index (χ0) is 11.1. The Kier molecular flexibility index (Phi) is 6.22. The molecular formula is C12H26N2O. The standard InChI is InChI=1S/C12H26N2O/c1-11(2)12-10-13-6-8-14(12)7-4-5-9-15-3/h11-13H,4-10H2,1-3H3. The van der Waals surface area contributed by atoms with Gasteiger partial charge in [-0.2, -0.15) is 0 Å². The number of unbranched alkanes of at least 4 members (excludes halogenated alkanes) is 1. The van der Waals surface area contributed by atoms with Gasteiger partial charge in [0.1, 0.15) is 0 Å². The topological polar surface area (TPSA) is 24.5 Å². The number of nitrogens with one attached hydrogen (secondary N) is 1. The number of ether oxygens (including phenoxy) is 1. The number of rotatable bonds is 6. The van der Waals surface area contributed by atoms with Gasteiger partial charge in [-0.15, -0.1) is 0 Å². The van der Waals surface area contributed by atoms with Crippen LogP contribution in [0.3, 0.4) is 0 Å². The predicted molar refractivity (Wildman–Crippen MR) is 64.2 cm³/mol. The van der Waals surface area contributed by atoms with Crippen LogP contribution in [-0.4, -0.2) is 50.8 Å². The SMILES string of the molecule is COCCCCN1CCNCC1C(C)C. The van der Waals surface area contributed by atoms with Gasteiger partial charge < -0.3 is 10.1 Å². The maximum Gasteiger partial charge on any atom is 0.0462 e. The van der Waals surface area contributed by atoms with Gasteiger partial charge in [-0.05, 0) is 25.3 Å². The molecule has 1 fully saturated rings. The van der Waals surface area contributed by atoms with Gasteiger partial charge in [-0.25, -0.2) is 0 Å². The van der Waals surface area contributed by atoms with E-state index in [2.05, 4.69) is 24.1 Å². The minimum Gasteiger partial charge on any atom is -0.385 e. The molecule has 0 aromatic carbocycles. The molecular weight excluding hydrogens is 188 g/mol. The summed E-state index contributed by atoms with van der Waals surface area (Å²) in [5.41, 5.74) is 0. The summed E-state index contributed by atoms with van der Waals surface area (Å²) in [5, 5.41) is 3.48. The Bertz CT molecular complexity index is 162. The van der Waals surface area contributed by atoms with Gasteiger partial charge in [0.2, 0.25) is 0 Å². The summed E-state index contributed by atoms with van der Waals surface area (Å²) in [6.07, 6.45) is 2.45. The quantitative estimate of drug-likeness (QED) is 0.675. The Hall–Kier alpha value is -0.120. The molecule has 0 aromatic heterocycles. The fourth-order valence-corrected chi connectivity index (χ4v) is 2.26. The molecule has 1 saturated heterocycles. The molecule has 0 bridgehead atoms. The van der Waals surface area contributed by atoms with E-state index in [4.69, 9.17) is 4.74 Å². The van der Waals surface area contributed by atoms with Crippen LogP contribution in [0.5, 0.6) is 0 Å². The van der Waals surface area contributed by atoms with Crippen LogP contribution in [0.4, 0.5) is 0 Å². The van der Waals surface area contributed by atoms with Crippen molar-refractivity contribution in [1.29, 1.82) is 0 Å². The van der Waals surface area contributed by atoms with Crippen molar-refractivity contribution in [3.05, 3.63) is 0 Å². The number of methoxy groups -OCH3 is 1. The zero-order valence-electron chi connectivity index (χ0n) is 10.5. The van der Waals surface area contributed by atoms with Crippen molar-refractivity contribution < 1.29 is 4.74 Å². The Morgan fingerprint density at radius 2 is 2.20 bits per heavy atom. The summed E-state index contributed by atoms with van der Waals surface area (Å²) in [6, 6.07) is 0.723. The van der Waals surface area contributed by atoms with Crippen LogP contribution in [0.2, 0.25) is 0 Å². The van der Waals surface area contributed by atoms with Crippen molar-refractivity contribution in [3.8, 4) is 0 Å². The monoisotopic (exact) mass is 214 g/mol. The molecule has 3 nitrogen and oxygen atoms in total. The van der Waals surface area contributed by atoms with Crippen LogP contribution < -0.4 is 5.32 Å². The highest BCUT2D eigenvalue weighted by atomic mass is 16.5. The highest BCUT2D eigenvalue weighted by Gasteiger charge is 2.23. The summed E-state index contributed by atoms with van der Waals surface area (Å²) < 4.78 is 5.07. The molecule has 1 unspecified atom stereocenters. The van der Waals surface area contributed by atoms with E-state index < -0.39 is 0 Å². The van der Waals surface area contributed by atoms with Crippen molar-refractivity contribution in [2.75, 3.05) is 39.9 Å². The van der Waals surface area contributed by atoms with Crippen molar-refractivity contribution in [2.24, 2.45) is 5.92 Å². The molecule has 1 atom stereocenters. The maximum absolute atomic E-state index is 5.07. The number of hydrogen-bond donors (Lipinski definition) is 1. The van der Waals surface area contributed by atoms with Crippen LogP contribution in [-0.2, 0) is 4.74 Å². The fraction of sp³-hybridized carbons (Fsp3) is 1.00. The third-order valence-corrected chi connectivity index (χ3v) is 3.21. The maximum atomic E-state index is 5.07. The lowest BCUT2D eigenvalue weighted by atomic mass is 10.0. The van der Waals surface area contributed by atoms with Gasteiger partial charge in [-0.3, -0.25) is 4.90 Å². The second-order valence-electron chi connectivity index (χ2n) is 4.75. The summed E-state index contributed by atoms with van der Waals surface area (Å²) in [5.74, 6) is 0.750. The van der Waals surface area contributed by atoms with Crippen LogP contribution >= 0.6 is 0 Å². The third kappa shape index (κ3) is 4.49. The van der Waals surface area contributed by atoms with Gasteiger partial charge in [0.05, 0.1) is 0 Å². The lowest BCUT2D eigenvalue weighted by Crippen LogP contribution is -2.53. The first-order chi connectivity index (χ1) is 7.25. The van der Waals surface area contributed by atoms with Crippen LogP contribution in [0.1, 0.15) is 26.7 Å². The summed E-state index contributed by atoms with van der Waals surface area (Å²) in [6.45, 7) is 10.3. The molecule has 0 aromatic rings. The molecule has 0 amide bonds. The smallest absolute Gasteiger partial charge is 0.0462 e. The van der Waals surface area contributed by atoms with E-state index in [-0.39, 0.29) is 0 Å². The first-order valence-corrected chi connectivity index (χ1v) is 6.19. The summed E-state index contributed by atoms with van der Waals surface area (Å²) in [7, 11) is 1.78. The molecule has 1 rings (SSSR count). The normalized spacial score (nSPS) is 23.6. The lowest BCUT2D eigenvalue weighted by molar-refractivity contribution is 0.116. The van der Waals surface area contributed by atoms with E-state index in [0.717, 1.165) is 31.7 Å². The zero-order valence-corrected chi connectivity index (χ0v) is 10.5. The largest absolute Gasteiger partial charge is 0.385 e. The third-order valence-electron chi connectivity index (χ3n) is 3.21. The summed E-state index contributed by atoms with van der Waals surface area (Å²) >= 11 is 0. The molecule has 0 radical (unpaired) electrons. The molecule has 1 heterocycles. The average molecular weight is 214 g/mol. The molecule has 0 aliphatic carbocycles. The average Bonchev–Trinajstić information content (AvgIpc) is 2.25. The van der Waals surface area contributed by atoms with Crippen molar-refractivity contribution in [2.45, 2.75) is 32.7 Å². The van der Waals surface area contributed by atoms with E-state index in [1.807, 2.05) is 0 Å². The van der Waals surface area contributed by atoms with Crippen LogP contribution in [0.15, 0.2) is 0 Å². The van der Waals surface area contributed by atoms with Gasteiger partial charge in [-0.1, -0.05) is 13.8 Å². The molecule has 90 valence electrons. The molecule has 0 saturated carbocycles. The van der Waals surface area contributed by atoms with E-state index in [1.165, 1.54) is 25.9 Å². The van der Waals surface area contributed by atoms with Crippen molar-refractivity contribution in [1.82, 2.24) is 10.2 Å². The molecule has 15 heavy (non-hydrogen) atoms. The summed E-state index contributed by atoms with van der Waals surface area (Å²) in [4.78, 5) is 2.64. The fourth-order valence-electron chi connectivity index (χ4n) is 2.26. The predicted octanol–water partition coefficient (Wildman–Crippen LogP) is 1.34. The Labute approximate surface area is 94.2 Å². The number of hydrogen-bond acceptors (Lipinski definition) is 3. The molecule has 3 heteroatoms. The molecule has 0 spiro atoms. The van der Waals surface area contributed by atoms with Gasteiger partial charge in [0.25, 0.3) is 0 Å². The minimum absolute atomic E-state index is 0.723. The number of piperazine rings is 1. The Morgan fingerprint density at radius 3 is 2.87 bits per heavy atom. The van der Waals surface area contributed by atoms with Gasteiger partial charge in [0.15, 0.2) is 0 Å². The van der Waals surface area contributed by atoms with E-state index in [0.29, 0.717) is 0 Å². The first kappa shape index (κ1) is 12.9. The lowest BCUT2D eigenvalue weighted by Gasteiger charge is -2.38. The molecule has 1 aliphatic heterocycles. The van der Waals surface area contributed by atoms with E-state index >= 15 is 0 Å². The second kappa shape index (κ2) is 7.20. The molecule has 1 N–H and O–H groups in total. The van der Waals surface area contributed by atoms with Gasteiger partial charge in [0, 0.05) is 39.4 Å². The Morgan fingerprint density at radius 1 is 1.40 bits per heavy atom. The number of nitrogens with zero attached hydrogens (tertiary/aromatic N) is 1. The van der Waals surface area contributed by atoms with Crippen LogP contribution in [0.25, 0.3) is 0 Å². The highest BCUT2D eigenvalue weighted by molar-refractivity contribution is 4.81. The minimum atomic E-state index is 0.723. The first-order valence-electron chi connectivity index (χ1n) is 6.19. The highest BCUT2D eigenvalue weighted by Crippen LogP contribution is 2.13. The Balaban J connectivity index is 2.23. The second-order valence-corrected chi connectivity index (χ2v) is 4.75. The van der Waals surface area contributed by atoms with E-state index in [1.54, 1.807) is 7.11 Å². The molecule has 1 aliphatic rings. The van der Waals surface area contributed by atoms with Crippen molar-refractivity contribution >= 4 is 0 Å².